The summed E-state index contributed by atoms with van der Waals surface area (Å²) in [5.41, 5.74) is 1.87. The number of fused-ring (bicyclic) bond motifs is 1. The second kappa shape index (κ2) is 4.27. The molecule has 0 saturated carbocycles. The molecule has 0 spiro atoms. The molecule has 4 heteroatoms. The molecule has 0 radical (unpaired) electrons. The van der Waals surface area contributed by atoms with Gasteiger partial charge in [-0.05, 0) is 51.8 Å². The number of thiophene rings is 1. The Balaban J connectivity index is 1.97. The lowest BCUT2D eigenvalue weighted by atomic mass is 10.0. The molecule has 0 amide bonds. The number of rotatable bonds is 2. The van der Waals surface area contributed by atoms with Crippen LogP contribution in [0.5, 0.6) is 5.75 Å². The first-order valence-corrected chi connectivity index (χ1v) is 6.91. The van der Waals surface area contributed by atoms with Crippen molar-refractivity contribution >= 4 is 33.0 Å². The summed E-state index contributed by atoms with van der Waals surface area (Å²) in [4.78, 5) is 13.0. The molecule has 0 N–H and O–H groups in total. The fourth-order valence-electron chi connectivity index (χ4n) is 1.91. The first-order valence-electron chi connectivity index (χ1n) is 5.30. The van der Waals surface area contributed by atoms with Gasteiger partial charge in [0.2, 0.25) is 5.78 Å². The number of hydrogen-bond donors (Lipinski definition) is 0. The van der Waals surface area contributed by atoms with Gasteiger partial charge in [-0.25, -0.2) is 0 Å². The van der Waals surface area contributed by atoms with Gasteiger partial charge in [0, 0.05) is 12.0 Å². The predicted molar refractivity (Wildman–Crippen MR) is 71.1 cm³/mol. The molecular formula is C13H9BrO2S. The van der Waals surface area contributed by atoms with E-state index in [-0.39, 0.29) is 5.78 Å². The Morgan fingerprint density at radius 3 is 2.94 bits per heavy atom. The Kier molecular flexibility index (Phi) is 2.76. The minimum atomic E-state index is 0.0791. The van der Waals surface area contributed by atoms with E-state index in [1.165, 1.54) is 11.3 Å². The monoisotopic (exact) mass is 308 g/mol. The molecule has 1 aliphatic rings. The van der Waals surface area contributed by atoms with Crippen molar-refractivity contribution < 1.29 is 9.53 Å². The van der Waals surface area contributed by atoms with Crippen LogP contribution >= 0.6 is 27.3 Å². The standard InChI is InChI=1S/C13H9BrO2S/c14-12-4-3-11(17-12)13(15)9-1-2-10-8(7-9)5-6-16-10/h1-4,7H,5-6H2. The molecule has 2 heterocycles. The highest BCUT2D eigenvalue weighted by molar-refractivity contribution is 9.11. The zero-order valence-corrected chi connectivity index (χ0v) is 11.3. The Bertz CT molecular complexity index is 589. The highest BCUT2D eigenvalue weighted by Crippen LogP contribution is 2.29. The van der Waals surface area contributed by atoms with E-state index < -0.39 is 0 Å². The molecule has 86 valence electrons. The predicted octanol–water partition coefficient (Wildman–Crippen LogP) is 3.68. The Morgan fingerprint density at radius 2 is 2.18 bits per heavy atom. The van der Waals surface area contributed by atoms with Crippen LogP contribution in [0.15, 0.2) is 34.1 Å². The quantitative estimate of drug-likeness (QED) is 0.791. The smallest absolute Gasteiger partial charge is 0.202 e. The molecule has 2 aromatic rings. The molecule has 0 fully saturated rings. The largest absolute Gasteiger partial charge is 0.493 e. The van der Waals surface area contributed by atoms with Gasteiger partial charge in [0.05, 0.1) is 15.3 Å². The average molecular weight is 309 g/mol. The van der Waals surface area contributed by atoms with Gasteiger partial charge in [-0.2, -0.15) is 0 Å². The average Bonchev–Trinajstić information content (AvgIpc) is 2.95. The van der Waals surface area contributed by atoms with Crippen LogP contribution in [-0.4, -0.2) is 12.4 Å². The second-order valence-corrected chi connectivity index (χ2v) is 6.32. The van der Waals surface area contributed by atoms with Gasteiger partial charge in [0.25, 0.3) is 0 Å². The first-order chi connectivity index (χ1) is 8.24. The molecular weight excluding hydrogens is 300 g/mol. The number of benzene rings is 1. The summed E-state index contributed by atoms with van der Waals surface area (Å²) in [5, 5.41) is 0. The molecule has 3 rings (SSSR count). The molecule has 1 aromatic heterocycles. The summed E-state index contributed by atoms with van der Waals surface area (Å²) in [7, 11) is 0. The van der Waals surface area contributed by atoms with Crippen LogP contribution < -0.4 is 4.74 Å². The van der Waals surface area contributed by atoms with Crippen molar-refractivity contribution in [1.29, 1.82) is 0 Å². The van der Waals surface area contributed by atoms with Crippen molar-refractivity contribution in [2.75, 3.05) is 6.61 Å². The third kappa shape index (κ3) is 2.03. The van der Waals surface area contributed by atoms with Gasteiger partial charge in [-0.1, -0.05) is 0 Å². The summed E-state index contributed by atoms with van der Waals surface area (Å²) in [5.74, 6) is 0.990. The Labute approximate surface area is 111 Å². The number of halogens is 1. The lowest BCUT2D eigenvalue weighted by molar-refractivity contribution is 0.104. The maximum absolute atomic E-state index is 12.2. The van der Waals surface area contributed by atoms with Crippen molar-refractivity contribution in [3.63, 3.8) is 0 Å². The number of carbonyl (C=O) groups excluding carboxylic acids is 1. The van der Waals surface area contributed by atoms with Crippen LogP contribution in [0, 0.1) is 0 Å². The van der Waals surface area contributed by atoms with E-state index >= 15 is 0 Å². The van der Waals surface area contributed by atoms with Crippen LogP contribution in [0.1, 0.15) is 20.8 Å². The van der Waals surface area contributed by atoms with Crippen LogP contribution in [-0.2, 0) is 6.42 Å². The third-order valence-corrected chi connectivity index (χ3v) is 4.37. The summed E-state index contributed by atoms with van der Waals surface area (Å²) >= 11 is 4.83. The lowest BCUT2D eigenvalue weighted by Crippen LogP contribution is -1.98. The van der Waals surface area contributed by atoms with Crippen molar-refractivity contribution in [1.82, 2.24) is 0 Å². The molecule has 2 nitrogen and oxygen atoms in total. The fourth-order valence-corrected chi connectivity index (χ4v) is 3.25. The zero-order chi connectivity index (χ0) is 11.8. The van der Waals surface area contributed by atoms with Crippen LogP contribution in [0.25, 0.3) is 0 Å². The summed E-state index contributed by atoms with van der Waals surface area (Å²) in [6.45, 7) is 0.720. The molecule has 0 saturated heterocycles. The molecule has 1 aromatic carbocycles. The Hall–Kier alpha value is -1.13. The van der Waals surface area contributed by atoms with E-state index in [2.05, 4.69) is 15.9 Å². The minimum absolute atomic E-state index is 0.0791. The van der Waals surface area contributed by atoms with Crippen molar-refractivity contribution in [2.45, 2.75) is 6.42 Å². The highest BCUT2D eigenvalue weighted by atomic mass is 79.9. The van der Waals surface area contributed by atoms with Gasteiger partial charge < -0.3 is 4.74 Å². The van der Waals surface area contributed by atoms with Crippen LogP contribution in [0.2, 0.25) is 0 Å². The van der Waals surface area contributed by atoms with Gasteiger partial charge in [0.1, 0.15) is 5.75 Å². The summed E-state index contributed by atoms with van der Waals surface area (Å²) in [6.07, 6.45) is 0.893. The second-order valence-electron chi connectivity index (χ2n) is 3.85. The Morgan fingerprint density at radius 1 is 1.29 bits per heavy atom. The van der Waals surface area contributed by atoms with Gasteiger partial charge >= 0.3 is 0 Å². The van der Waals surface area contributed by atoms with E-state index in [0.29, 0.717) is 0 Å². The molecule has 0 bridgehead atoms. The van der Waals surface area contributed by atoms with Crippen LogP contribution in [0.3, 0.4) is 0 Å². The van der Waals surface area contributed by atoms with Gasteiger partial charge in [-0.3, -0.25) is 4.79 Å². The van der Waals surface area contributed by atoms with Gasteiger partial charge in [0.15, 0.2) is 0 Å². The number of ketones is 1. The van der Waals surface area contributed by atoms with Crippen molar-refractivity contribution in [2.24, 2.45) is 0 Å². The van der Waals surface area contributed by atoms with E-state index in [0.717, 1.165) is 38.6 Å². The summed E-state index contributed by atoms with van der Waals surface area (Å²) in [6, 6.07) is 9.41. The first kappa shape index (κ1) is 11.0. The maximum atomic E-state index is 12.2. The van der Waals surface area contributed by atoms with Crippen LogP contribution in [0.4, 0.5) is 0 Å². The normalized spacial score (nSPS) is 13.2. The number of carbonyl (C=O) groups is 1. The number of hydrogen-bond acceptors (Lipinski definition) is 3. The molecule has 17 heavy (non-hydrogen) atoms. The fraction of sp³-hybridized carbons (Fsp3) is 0.154. The lowest BCUT2D eigenvalue weighted by Gasteiger charge is -2.01. The molecule has 0 aliphatic carbocycles. The third-order valence-electron chi connectivity index (χ3n) is 2.75. The summed E-state index contributed by atoms with van der Waals surface area (Å²) < 4.78 is 6.40. The van der Waals surface area contributed by atoms with Crippen molar-refractivity contribution in [3.05, 3.63) is 50.1 Å². The minimum Gasteiger partial charge on any atom is -0.493 e. The maximum Gasteiger partial charge on any atom is 0.202 e. The molecule has 0 atom stereocenters. The van der Waals surface area contributed by atoms with E-state index in [1.807, 2.05) is 30.3 Å². The number of ether oxygens (including phenoxy) is 1. The highest BCUT2D eigenvalue weighted by Gasteiger charge is 2.16. The zero-order valence-electron chi connectivity index (χ0n) is 8.90. The van der Waals surface area contributed by atoms with Gasteiger partial charge in [-0.15, -0.1) is 11.3 Å². The van der Waals surface area contributed by atoms with E-state index in [1.54, 1.807) is 0 Å². The van der Waals surface area contributed by atoms with E-state index in [4.69, 9.17) is 4.74 Å². The van der Waals surface area contributed by atoms with Crippen molar-refractivity contribution in [3.8, 4) is 5.75 Å². The molecule has 0 unspecified atom stereocenters. The topological polar surface area (TPSA) is 26.3 Å². The SMILES string of the molecule is O=C(c1ccc2c(c1)CCO2)c1ccc(Br)s1. The van der Waals surface area contributed by atoms with E-state index in [9.17, 15) is 4.79 Å². The molecule has 1 aliphatic heterocycles.